The van der Waals surface area contributed by atoms with Gasteiger partial charge in [0.05, 0.1) is 6.04 Å². The minimum atomic E-state index is -0.162. The van der Waals surface area contributed by atoms with Gasteiger partial charge in [0.2, 0.25) is 0 Å². The molecule has 4 heteroatoms. The van der Waals surface area contributed by atoms with Crippen LogP contribution < -0.4 is 5.32 Å². The lowest BCUT2D eigenvalue weighted by Gasteiger charge is -2.15. The molecule has 0 fully saturated rings. The Labute approximate surface area is 121 Å². The quantitative estimate of drug-likeness (QED) is 0.938. The molecular formula is C15H15BrN2O. The number of aromatic nitrogens is 1. The van der Waals surface area contributed by atoms with Crippen LogP contribution in [-0.2, 0) is 0 Å². The number of hydrogen-bond acceptors (Lipinski definition) is 2. The molecule has 0 saturated carbocycles. The SMILES string of the molecule is Cc1ccc(C(C)NC(=O)c2ccccn2)cc1Br. The maximum absolute atomic E-state index is 12.0. The second kappa shape index (κ2) is 5.97. The number of nitrogens with zero attached hydrogens (tertiary/aromatic N) is 1. The van der Waals surface area contributed by atoms with E-state index in [1.54, 1.807) is 24.4 Å². The van der Waals surface area contributed by atoms with Gasteiger partial charge in [0.25, 0.3) is 5.91 Å². The molecule has 1 unspecified atom stereocenters. The Morgan fingerprint density at radius 1 is 1.32 bits per heavy atom. The maximum Gasteiger partial charge on any atom is 0.270 e. The van der Waals surface area contributed by atoms with Gasteiger partial charge in [-0.1, -0.05) is 34.1 Å². The topological polar surface area (TPSA) is 42.0 Å². The van der Waals surface area contributed by atoms with E-state index in [1.165, 1.54) is 5.56 Å². The standard InChI is InChI=1S/C15H15BrN2O/c1-10-6-7-12(9-13(10)16)11(2)18-15(19)14-5-3-4-8-17-14/h3-9,11H,1-2H3,(H,18,19). The molecule has 0 aliphatic heterocycles. The van der Waals surface area contributed by atoms with Crippen molar-refractivity contribution >= 4 is 21.8 Å². The highest BCUT2D eigenvalue weighted by Crippen LogP contribution is 2.21. The Kier molecular flexibility index (Phi) is 4.32. The first-order valence-electron chi connectivity index (χ1n) is 6.06. The fourth-order valence-corrected chi connectivity index (χ4v) is 2.13. The van der Waals surface area contributed by atoms with Crippen molar-refractivity contribution in [2.45, 2.75) is 19.9 Å². The van der Waals surface area contributed by atoms with Crippen molar-refractivity contribution in [3.05, 3.63) is 63.9 Å². The van der Waals surface area contributed by atoms with E-state index in [4.69, 9.17) is 0 Å². The van der Waals surface area contributed by atoms with Crippen molar-refractivity contribution in [2.24, 2.45) is 0 Å². The highest BCUT2D eigenvalue weighted by atomic mass is 79.9. The van der Waals surface area contributed by atoms with Crippen LogP contribution in [0, 0.1) is 6.92 Å². The largest absolute Gasteiger partial charge is 0.344 e. The summed E-state index contributed by atoms with van der Waals surface area (Å²) in [5.41, 5.74) is 2.66. The van der Waals surface area contributed by atoms with Crippen LogP contribution in [0.2, 0.25) is 0 Å². The Morgan fingerprint density at radius 2 is 2.11 bits per heavy atom. The molecule has 0 bridgehead atoms. The average Bonchev–Trinajstić information content (AvgIpc) is 2.42. The van der Waals surface area contributed by atoms with Gasteiger partial charge >= 0.3 is 0 Å². The van der Waals surface area contributed by atoms with E-state index in [9.17, 15) is 4.79 Å². The molecule has 2 aromatic rings. The third kappa shape index (κ3) is 3.41. The lowest BCUT2D eigenvalue weighted by molar-refractivity contribution is 0.0935. The number of carbonyl (C=O) groups excluding carboxylic acids is 1. The first kappa shape index (κ1) is 13.7. The summed E-state index contributed by atoms with van der Waals surface area (Å²) in [5.74, 6) is -0.162. The molecule has 0 aliphatic rings. The molecule has 98 valence electrons. The Hall–Kier alpha value is -1.68. The van der Waals surface area contributed by atoms with Crippen molar-refractivity contribution in [3.63, 3.8) is 0 Å². The number of nitrogens with one attached hydrogen (secondary N) is 1. The molecule has 1 atom stereocenters. The first-order chi connectivity index (χ1) is 9.08. The molecular weight excluding hydrogens is 304 g/mol. The van der Waals surface area contributed by atoms with E-state index < -0.39 is 0 Å². The molecule has 0 radical (unpaired) electrons. The number of halogens is 1. The van der Waals surface area contributed by atoms with Gasteiger partial charge in [-0.2, -0.15) is 0 Å². The molecule has 1 N–H and O–H groups in total. The van der Waals surface area contributed by atoms with Gasteiger partial charge < -0.3 is 5.32 Å². The third-order valence-electron chi connectivity index (χ3n) is 2.94. The zero-order valence-corrected chi connectivity index (χ0v) is 12.4. The van der Waals surface area contributed by atoms with Crippen LogP contribution in [0.25, 0.3) is 0 Å². The van der Waals surface area contributed by atoms with Crippen molar-refractivity contribution in [3.8, 4) is 0 Å². The molecule has 1 aromatic carbocycles. The Balaban J connectivity index is 2.10. The summed E-state index contributed by atoms with van der Waals surface area (Å²) in [7, 11) is 0. The summed E-state index contributed by atoms with van der Waals surface area (Å²) in [6.07, 6.45) is 1.61. The van der Waals surface area contributed by atoms with Crippen molar-refractivity contribution in [2.75, 3.05) is 0 Å². The van der Waals surface area contributed by atoms with Gasteiger partial charge in [0.1, 0.15) is 5.69 Å². The second-order valence-electron chi connectivity index (χ2n) is 4.42. The van der Waals surface area contributed by atoms with Crippen molar-refractivity contribution < 1.29 is 4.79 Å². The number of amides is 1. The highest BCUT2D eigenvalue weighted by Gasteiger charge is 2.12. The van der Waals surface area contributed by atoms with Crippen molar-refractivity contribution in [1.29, 1.82) is 0 Å². The van der Waals surface area contributed by atoms with Crippen LogP contribution in [-0.4, -0.2) is 10.9 Å². The van der Waals surface area contributed by atoms with Crippen molar-refractivity contribution in [1.82, 2.24) is 10.3 Å². The summed E-state index contributed by atoms with van der Waals surface area (Å²) in [6, 6.07) is 11.3. The van der Waals surface area contributed by atoms with Gasteiger partial charge in [-0.3, -0.25) is 9.78 Å². The van der Waals surface area contributed by atoms with E-state index in [2.05, 4.69) is 26.2 Å². The predicted molar refractivity (Wildman–Crippen MR) is 79.0 cm³/mol. The molecule has 3 nitrogen and oxygen atoms in total. The van der Waals surface area contributed by atoms with Crippen LogP contribution in [0.3, 0.4) is 0 Å². The number of hydrogen-bond donors (Lipinski definition) is 1. The van der Waals surface area contributed by atoms with Crippen LogP contribution in [0.15, 0.2) is 47.1 Å². The lowest BCUT2D eigenvalue weighted by Crippen LogP contribution is -2.27. The lowest BCUT2D eigenvalue weighted by atomic mass is 10.1. The number of carbonyl (C=O) groups is 1. The third-order valence-corrected chi connectivity index (χ3v) is 3.80. The minimum absolute atomic E-state index is 0.0635. The molecule has 0 saturated heterocycles. The van der Waals surface area contributed by atoms with Crippen LogP contribution in [0.1, 0.15) is 34.6 Å². The van der Waals surface area contributed by atoms with Gasteiger partial charge in [-0.25, -0.2) is 0 Å². The summed E-state index contributed by atoms with van der Waals surface area (Å²) >= 11 is 3.50. The van der Waals surface area contributed by atoms with Crippen LogP contribution in [0.4, 0.5) is 0 Å². The smallest absolute Gasteiger partial charge is 0.270 e. The van der Waals surface area contributed by atoms with Gasteiger partial charge in [-0.05, 0) is 43.2 Å². The molecule has 1 heterocycles. The molecule has 19 heavy (non-hydrogen) atoms. The molecule has 1 aromatic heterocycles. The number of pyridine rings is 1. The van der Waals surface area contributed by atoms with Crippen LogP contribution >= 0.6 is 15.9 Å². The zero-order valence-electron chi connectivity index (χ0n) is 10.9. The molecule has 2 rings (SSSR count). The molecule has 0 aliphatic carbocycles. The number of benzene rings is 1. The predicted octanol–water partition coefficient (Wildman–Crippen LogP) is 3.64. The summed E-state index contributed by atoms with van der Waals surface area (Å²) in [6.45, 7) is 3.99. The number of rotatable bonds is 3. The minimum Gasteiger partial charge on any atom is -0.344 e. The van der Waals surface area contributed by atoms with E-state index in [0.29, 0.717) is 5.69 Å². The highest BCUT2D eigenvalue weighted by molar-refractivity contribution is 9.10. The molecule has 0 spiro atoms. The fraction of sp³-hybridized carbons (Fsp3) is 0.200. The summed E-state index contributed by atoms with van der Waals surface area (Å²) in [5, 5.41) is 2.94. The van der Waals surface area contributed by atoms with Gasteiger partial charge in [-0.15, -0.1) is 0 Å². The Morgan fingerprint density at radius 3 is 2.74 bits per heavy atom. The monoisotopic (exact) mass is 318 g/mol. The summed E-state index contributed by atoms with van der Waals surface area (Å²) in [4.78, 5) is 16.0. The van der Waals surface area contributed by atoms with E-state index in [0.717, 1.165) is 10.0 Å². The second-order valence-corrected chi connectivity index (χ2v) is 5.27. The maximum atomic E-state index is 12.0. The average molecular weight is 319 g/mol. The van der Waals surface area contributed by atoms with E-state index in [1.807, 2.05) is 32.0 Å². The number of aryl methyl sites for hydroxylation is 1. The van der Waals surface area contributed by atoms with Crippen LogP contribution in [0.5, 0.6) is 0 Å². The van der Waals surface area contributed by atoms with Gasteiger partial charge in [0, 0.05) is 10.7 Å². The first-order valence-corrected chi connectivity index (χ1v) is 6.85. The summed E-state index contributed by atoms with van der Waals surface area (Å²) < 4.78 is 1.05. The fourth-order valence-electron chi connectivity index (χ4n) is 1.73. The van der Waals surface area contributed by atoms with E-state index in [-0.39, 0.29) is 11.9 Å². The zero-order chi connectivity index (χ0) is 13.8. The molecule has 1 amide bonds. The Bertz CT molecular complexity index is 584. The normalized spacial score (nSPS) is 11.9. The van der Waals surface area contributed by atoms with Gasteiger partial charge in [0.15, 0.2) is 0 Å². The van der Waals surface area contributed by atoms with E-state index >= 15 is 0 Å².